The van der Waals surface area contributed by atoms with Crippen molar-refractivity contribution in [3.8, 4) is 0 Å². The molecular formula is C48H74O15. The summed E-state index contributed by atoms with van der Waals surface area (Å²) in [6.07, 6.45) is 3.00. The van der Waals surface area contributed by atoms with Crippen LogP contribution in [0.5, 0.6) is 0 Å². The molecule has 0 aromatic carbocycles. The van der Waals surface area contributed by atoms with Gasteiger partial charge >= 0.3 is 5.97 Å². The van der Waals surface area contributed by atoms with Crippen LogP contribution in [0, 0.1) is 23.7 Å². The van der Waals surface area contributed by atoms with Crippen molar-refractivity contribution >= 4 is 5.97 Å². The highest BCUT2D eigenvalue weighted by molar-refractivity contribution is 5.78. The molecule has 0 aromatic rings. The number of aliphatic hydroxyl groups excluding tert-OH is 3. The molecule has 0 amide bonds. The van der Waals surface area contributed by atoms with Gasteiger partial charge in [0, 0.05) is 58.2 Å². The molecule has 7 aliphatic rings. The van der Waals surface area contributed by atoms with E-state index in [2.05, 4.69) is 19.9 Å². The van der Waals surface area contributed by atoms with Gasteiger partial charge in [0.1, 0.15) is 42.0 Å². The number of fused-ring (bicyclic) bond motifs is 2. The lowest BCUT2D eigenvalue weighted by Crippen LogP contribution is -2.60. The third-order valence-corrected chi connectivity index (χ3v) is 15.0. The van der Waals surface area contributed by atoms with Gasteiger partial charge in [-0.1, -0.05) is 64.5 Å². The van der Waals surface area contributed by atoms with E-state index in [-0.39, 0.29) is 43.3 Å². The van der Waals surface area contributed by atoms with Gasteiger partial charge in [-0.15, -0.1) is 0 Å². The van der Waals surface area contributed by atoms with E-state index in [4.69, 9.17) is 47.4 Å². The zero-order valence-electron chi connectivity index (χ0n) is 38.8. The van der Waals surface area contributed by atoms with Crippen LogP contribution in [0.15, 0.2) is 47.1 Å². The van der Waals surface area contributed by atoms with Crippen LogP contribution in [0.2, 0.25) is 0 Å². The summed E-state index contributed by atoms with van der Waals surface area (Å²) >= 11 is 0. The van der Waals surface area contributed by atoms with Crippen molar-refractivity contribution in [1.29, 1.82) is 0 Å². The van der Waals surface area contributed by atoms with Gasteiger partial charge < -0.3 is 67.8 Å². The van der Waals surface area contributed by atoms with Crippen LogP contribution >= 0.6 is 0 Å². The van der Waals surface area contributed by atoms with Gasteiger partial charge in [0.25, 0.3) is 0 Å². The molecular weight excluding hydrogens is 817 g/mol. The summed E-state index contributed by atoms with van der Waals surface area (Å²) in [7, 11) is 3.20. The highest BCUT2D eigenvalue weighted by Gasteiger charge is 2.60. The van der Waals surface area contributed by atoms with Crippen molar-refractivity contribution in [2.75, 3.05) is 20.8 Å². The molecule has 15 nitrogen and oxygen atoms in total. The van der Waals surface area contributed by atoms with Crippen LogP contribution < -0.4 is 0 Å². The minimum atomic E-state index is -1.87. The molecule has 0 saturated carbocycles. The summed E-state index contributed by atoms with van der Waals surface area (Å²) in [5.41, 5.74) is 0.0234. The van der Waals surface area contributed by atoms with E-state index >= 15 is 0 Å². The predicted molar refractivity (Wildman–Crippen MR) is 229 cm³/mol. The van der Waals surface area contributed by atoms with E-state index in [0.29, 0.717) is 36.8 Å². The number of allylic oxidation sites excluding steroid dienone is 2. The van der Waals surface area contributed by atoms with Gasteiger partial charge in [-0.2, -0.15) is 0 Å². The van der Waals surface area contributed by atoms with E-state index < -0.39 is 109 Å². The Kier molecular flexibility index (Phi) is 15.5. The Morgan fingerprint density at radius 2 is 1.59 bits per heavy atom. The van der Waals surface area contributed by atoms with E-state index in [1.54, 1.807) is 40.2 Å². The smallest absolute Gasteiger partial charge is 0.316 e. The highest BCUT2D eigenvalue weighted by Crippen LogP contribution is 2.48. The standard InChI is InChI=1S/C48H74O15/c1-11-24(2)43-28(6)35(49)22-47(63-43)21-33-18-32(62-47)16-15-26(4)42(25(3)13-12-14-31-23-56-45-40(50)27(5)17-34(46(52)59-33)48(31,45)53)60-39-20-37(55-10)44(30(8)58-39)61-38-19-36(54-9)41(51)29(7)57-38/h12-15,17,24-25,28-30,32-45,49-51,53H,11,16,18-23H2,1-10H3/b13-12+,26-15+,31-14+/t24-,25-,28-,29-,30-,32+,33-,34-,35-,36-,37-,38-,39-,40+,41-,42-,43+,44-,45+,47-,48+/m0/s1. The molecule has 0 aromatic heterocycles. The van der Waals surface area contributed by atoms with E-state index in [1.165, 1.54) is 0 Å². The SMILES string of the molecule is CC[C@H](C)[C@H]1O[C@@]2(C[C@@H]3C[C@@H](C/C=C(\C)[C@@H](O[C@H]4C[C@H](OC)[C@@H](O[C@H]5C[C@H](OC)[C@@H](O)[C@H](C)O5)[C@H](C)O4)[C@@H](C)/C=C/C=C4\CO[C@@H]5[C@H](O)C(C)=C[C@@H](C(=O)O3)[C@]45O)O2)C[C@H](O)[C@@H]1C. The van der Waals surface area contributed by atoms with Gasteiger partial charge in [-0.25, -0.2) is 0 Å². The number of rotatable bonds is 8. The second-order valence-corrected chi connectivity index (χ2v) is 19.5. The van der Waals surface area contributed by atoms with E-state index in [1.807, 2.05) is 39.8 Å². The monoisotopic (exact) mass is 891 g/mol. The van der Waals surface area contributed by atoms with Crippen LogP contribution in [0.1, 0.15) is 100 Å². The summed E-state index contributed by atoms with van der Waals surface area (Å²) in [6.45, 7) is 15.7. The summed E-state index contributed by atoms with van der Waals surface area (Å²) in [5.74, 6) is -3.19. The number of esters is 1. The zero-order chi connectivity index (χ0) is 45.5. The second kappa shape index (κ2) is 20.0. The Morgan fingerprint density at radius 3 is 2.30 bits per heavy atom. The molecule has 4 N–H and O–H groups in total. The first-order valence-electron chi connectivity index (χ1n) is 23.3. The average molecular weight is 891 g/mol. The number of carbonyl (C=O) groups excluding carboxylic acids is 1. The van der Waals surface area contributed by atoms with Crippen molar-refractivity contribution in [3.63, 3.8) is 0 Å². The number of hydrogen-bond donors (Lipinski definition) is 4. The van der Waals surface area contributed by atoms with E-state index in [0.717, 1.165) is 12.0 Å². The molecule has 356 valence electrons. The molecule has 5 saturated heterocycles. The first-order valence-corrected chi connectivity index (χ1v) is 23.3. The van der Waals surface area contributed by atoms with Crippen molar-refractivity contribution in [1.82, 2.24) is 0 Å². The third-order valence-electron chi connectivity index (χ3n) is 15.0. The number of methoxy groups -OCH3 is 2. The Hall–Kier alpha value is -2.09. The lowest BCUT2D eigenvalue weighted by molar-refractivity contribution is -0.354. The molecule has 5 fully saturated rings. The first-order chi connectivity index (χ1) is 29.9. The largest absolute Gasteiger partial charge is 0.462 e. The Labute approximate surface area is 373 Å². The van der Waals surface area contributed by atoms with Gasteiger partial charge in [-0.3, -0.25) is 4.79 Å². The molecule has 6 aliphatic heterocycles. The lowest BCUT2D eigenvalue weighted by atomic mass is 9.71. The van der Waals surface area contributed by atoms with Crippen LogP contribution in [0.25, 0.3) is 0 Å². The lowest BCUT2D eigenvalue weighted by Gasteiger charge is -2.52. The van der Waals surface area contributed by atoms with Crippen molar-refractivity contribution in [2.24, 2.45) is 23.7 Å². The maximum Gasteiger partial charge on any atom is 0.316 e. The quantitative estimate of drug-likeness (QED) is 0.196. The first kappa shape index (κ1) is 48.8. The topological polar surface area (TPSA) is 190 Å². The molecule has 0 unspecified atom stereocenters. The number of carbonyl (C=O) groups is 1. The predicted octanol–water partition coefficient (Wildman–Crippen LogP) is 4.57. The molecule has 15 heteroatoms. The highest BCUT2D eigenvalue weighted by atomic mass is 16.7. The molecule has 63 heavy (non-hydrogen) atoms. The fourth-order valence-electron chi connectivity index (χ4n) is 11.0. The molecule has 6 heterocycles. The minimum absolute atomic E-state index is 0.0109. The molecule has 1 spiro atoms. The van der Waals surface area contributed by atoms with Gasteiger partial charge in [0.15, 0.2) is 18.4 Å². The van der Waals surface area contributed by atoms with Crippen LogP contribution in [-0.4, -0.2) is 151 Å². The fourth-order valence-corrected chi connectivity index (χ4v) is 11.0. The van der Waals surface area contributed by atoms with Crippen LogP contribution in [-0.2, 0) is 52.2 Å². The Morgan fingerprint density at radius 1 is 0.889 bits per heavy atom. The van der Waals surface area contributed by atoms with Gasteiger partial charge in [0.05, 0.1) is 55.4 Å². The molecule has 2 bridgehead atoms. The Balaban J connectivity index is 1.19. The molecule has 7 rings (SSSR count). The molecule has 0 radical (unpaired) electrons. The van der Waals surface area contributed by atoms with Crippen molar-refractivity contribution < 1.29 is 72.6 Å². The van der Waals surface area contributed by atoms with Crippen molar-refractivity contribution in [2.45, 2.75) is 204 Å². The molecule has 21 atom stereocenters. The minimum Gasteiger partial charge on any atom is -0.462 e. The van der Waals surface area contributed by atoms with Crippen molar-refractivity contribution in [3.05, 3.63) is 47.1 Å². The fraction of sp³-hybridized carbons (Fsp3) is 0.812. The summed E-state index contributed by atoms with van der Waals surface area (Å²) in [5, 5.41) is 45.7. The van der Waals surface area contributed by atoms with Gasteiger partial charge in [-0.05, 0) is 56.8 Å². The third kappa shape index (κ3) is 9.98. The van der Waals surface area contributed by atoms with Crippen LogP contribution in [0.4, 0.5) is 0 Å². The van der Waals surface area contributed by atoms with Gasteiger partial charge in [0.2, 0.25) is 0 Å². The second-order valence-electron chi connectivity index (χ2n) is 19.5. The Bertz CT molecular complexity index is 1710. The molecule has 1 aliphatic carbocycles. The van der Waals surface area contributed by atoms with E-state index in [9.17, 15) is 25.2 Å². The number of ether oxygens (including phenoxy) is 10. The number of hydrogen-bond acceptors (Lipinski definition) is 15. The van der Waals surface area contributed by atoms with Crippen LogP contribution in [0.3, 0.4) is 0 Å². The number of aliphatic hydroxyl groups is 4. The summed E-state index contributed by atoms with van der Waals surface area (Å²) < 4.78 is 63.6. The summed E-state index contributed by atoms with van der Waals surface area (Å²) in [4.78, 5) is 14.4. The maximum absolute atomic E-state index is 14.4. The maximum atomic E-state index is 14.4. The normalized spacial score (nSPS) is 50.0. The summed E-state index contributed by atoms with van der Waals surface area (Å²) in [6, 6.07) is 0. The zero-order valence-corrected chi connectivity index (χ0v) is 38.8. The average Bonchev–Trinajstić information content (AvgIpc) is 3.59.